The fourth-order valence-corrected chi connectivity index (χ4v) is 4.27. The van der Waals surface area contributed by atoms with Gasteiger partial charge in [-0.15, -0.1) is 0 Å². The molecule has 2 rings (SSSR count). The molecule has 126 valence electrons. The first-order valence-corrected chi connectivity index (χ1v) is 9.81. The van der Waals surface area contributed by atoms with Crippen LogP contribution >= 0.6 is 0 Å². The van der Waals surface area contributed by atoms with E-state index in [1.807, 2.05) is 19.1 Å². The zero-order valence-electron chi connectivity index (χ0n) is 15.2. The standard InChI is InChI=1S/C19H26O3S.Na/c1-4-6-10-15-14(3)16-12-8-9-13-18(16)19(23(20,21)22)17(15)11-7-5-2;/h8-9,12-13H,4-7,10-11H2,1-3H3,(H,20,21,22);/q;+1/p-1. The molecule has 3 nitrogen and oxygen atoms in total. The van der Waals surface area contributed by atoms with Gasteiger partial charge in [0.25, 0.3) is 0 Å². The van der Waals surface area contributed by atoms with Crippen molar-refractivity contribution in [1.29, 1.82) is 0 Å². The van der Waals surface area contributed by atoms with Gasteiger partial charge in [-0.05, 0) is 60.1 Å². The molecule has 2 aromatic rings. The second-order valence-electron chi connectivity index (χ2n) is 6.12. The van der Waals surface area contributed by atoms with Crippen molar-refractivity contribution in [3.05, 3.63) is 41.0 Å². The maximum Gasteiger partial charge on any atom is 1.00 e. The minimum absolute atomic E-state index is 0. The van der Waals surface area contributed by atoms with Gasteiger partial charge < -0.3 is 4.55 Å². The largest absolute Gasteiger partial charge is 1.00 e. The molecule has 0 aliphatic rings. The average Bonchev–Trinajstić information content (AvgIpc) is 2.51. The van der Waals surface area contributed by atoms with E-state index in [1.54, 1.807) is 12.1 Å². The van der Waals surface area contributed by atoms with E-state index >= 15 is 0 Å². The van der Waals surface area contributed by atoms with Crippen molar-refractivity contribution in [3.8, 4) is 0 Å². The summed E-state index contributed by atoms with van der Waals surface area (Å²) in [6.07, 6.45) is 5.37. The zero-order valence-corrected chi connectivity index (χ0v) is 18.0. The van der Waals surface area contributed by atoms with Crippen LogP contribution in [0.1, 0.15) is 56.2 Å². The number of fused-ring (bicyclic) bond motifs is 1. The fourth-order valence-electron chi connectivity index (χ4n) is 3.29. The van der Waals surface area contributed by atoms with Crippen LogP contribution in [0.5, 0.6) is 0 Å². The Morgan fingerprint density at radius 2 is 1.42 bits per heavy atom. The number of benzene rings is 2. The number of hydrogen-bond donors (Lipinski definition) is 0. The van der Waals surface area contributed by atoms with Crippen molar-refractivity contribution < 1.29 is 42.5 Å². The first kappa shape index (κ1) is 21.7. The maximum absolute atomic E-state index is 12.0. The summed E-state index contributed by atoms with van der Waals surface area (Å²) in [4.78, 5) is 0.0123. The van der Waals surface area contributed by atoms with Gasteiger partial charge in [0.1, 0.15) is 10.1 Å². The molecule has 0 saturated carbocycles. The smallest absolute Gasteiger partial charge is 0.744 e. The number of rotatable bonds is 7. The Morgan fingerprint density at radius 1 is 0.917 bits per heavy atom. The third kappa shape index (κ3) is 4.61. The minimum atomic E-state index is -4.50. The Bertz CT molecular complexity index is 798. The summed E-state index contributed by atoms with van der Waals surface area (Å²) in [7, 11) is -4.50. The van der Waals surface area contributed by atoms with Crippen LogP contribution in [-0.4, -0.2) is 13.0 Å². The Labute approximate surface area is 167 Å². The molecule has 0 aromatic heterocycles. The van der Waals surface area contributed by atoms with Crippen molar-refractivity contribution >= 4 is 20.9 Å². The molecule has 24 heavy (non-hydrogen) atoms. The summed E-state index contributed by atoms with van der Waals surface area (Å²) in [5.41, 5.74) is 2.94. The van der Waals surface area contributed by atoms with Crippen LogP contribution in [0.25, 0.3) is 10.8 Å². The molecule has 0 amide bonds. The number of aryl methyl sites for hydroxylation is 1. The van der Waals surface area contributed by atoms with E-state index in [1.165, 1.54) is 0 Å². The Hall–Kier alpha value is -0.390. The van der Waals surface area contributed by atoms with Crippen molar-refractivity contribution in [1.82, 2.24) is 0 Å². The van der Waals surface area contributed by atoms with Crippen molar-refractivity contribution in [2.24, 2.45) is 0 Å². The maximum atomic E-state index is 12.0. The molecule has 0 radical (unpaired) electrons. The molecular formula is C19H25NaO3S. The molecule has 5 heteroatoms. The molecule has 0 N–H and O–H groups in total. The van der Waals surface area contributed by atoms with Gasteiger partial charge >= 0.3 is 29.6 Å². The fraction of sp³-hybridized carbons (Fsp3) is 0.474. The predicted molar refractivity (Wildman–Crippen MR) is 93.9 cm³/mol. The third-order valence-electron chi connectivity index (χ3n) is 4.48. The van der Waals surface area contributed by atoms with Gasteiger partial charge in [0.15, 0.2) is 0 Å². The number of unbranched alkanes of at least 4 members (excludes halogenated alkanes) is 2. The molecule has 0 fully saturated rings. The molecule has 2 aromatic carbocycles. The zero-order chi connectivity index (χ0) is 17.0. The Morgan fingerprint density at radius 3 is 1.92 bits per heavy atom. The van der Waals surface area contributed by atoms with Gasteiger partial charge in [-0.2, -0.15) is 0 Å². The van der Waals surface area contributed by atoms with E-state index in [0.29, 0.717) is 11.8 Å². The summed E-state index contributed by atoms with van der Waals surface area (Å²) in [5.74, 6) is 0. The molecule has 0 spiro atoms. The van der Waals surface area contributed by atoms with Gasteiger partial charge in [-0.3, -0.25) is 0 Å². The average molecular weight is 356 g/mol. The van der Waals surface area contributed by atoms with Crippen molar-refractivity contribution in [2.45, 2.75) is 64.2 Å². The summed E-state index contributed by atoms with van der Waals surface area (Å²) < 4.78 is 36.0. The SMILES string of the molecule is CCCCc1c(CCCC)c(S(=O)(=O)[O-])c2ccccc2c1C.[Na+]. The van der Waals surface area contributed by atoms with E-state index in [2.05, 4.69) is 13.8 Å². The number of hydrogen-bond acceptors (Lipinski definition) is 3. The Balaban J connectivity index is 0.00000288. The van der Waals surface area contributed by atoms with E-state index in [0.717, 1.165) is 54.2 Å². The summed E-state index contributed by atoms with van der Waals surface area (Å²) in [6.45, 7) is 6.24. The van der Waals surface area contributed by atoms with Gasteiger partial charge in [0.05, 0.1) is 4.90 Å². The summed E-state index contributed by atoms with van der Waals surface area (Å²) in [6, 6.07) is 7.36. The minimum Gasteiger partial charge on any atom is -0.744 e. The summed E-state index contributed by atoms with van der Waals surface area (Å²) >= 11 is 0. The van der Waals surface area contributed by atoms with E-state index in [-0.39, 0.29) is 34.5 Å². The molecule has 0 bridgehead atoms. The molecule has 0 saturated heterocycles. The third-order valence-corrected chi connectivity index (χ3v) is 5.44. The van der Waals surface area contributed by atoms with Crippen LogP contribution in [0, 0.1) is 6.92 Å². The van der Waals surface area contributed by atoms with Gasteiger partial charge in [-0.1, -0.05) is 51.0 Å². The van der Waals surface area contributed by atoms with Crippen molar-refractivity contribution in [2.75, 3.05) is 0 Å². The first-order valence-electron chi connectivity index (χ1n) is 8.40. The van der Waals surface area contributed by atoms with Gasteiger partial charge in [0, 0.05) is 0 Å². The van der Waals surface area contributed by atoms with Gasteiger partial charge in [-0.25, -0.2) is 8.42 Å². The molecule has 0 aliphatic carbocycles. The second-order valence-corrected chi connectivity index (χ2v) is 7.43. The first-order chi connectivity index (χ1) is 10.9. The normalized spacial score (nSPS) is 11.5. The molecule has 0 atom stereocenters. The van der Waals surface area contributed by atoms with Crippen LogP contribution in [0.15, 0.2) is 29.2 Å². The van der Waals surface area contributed by atoms with Crippen LogP contribution in [-0.2, 0) is 23.0 Å². The molecule has 0 heterocycles. The van der Waals surface area contributed by atoms with Crippen LogP contribution in [0.2, 0.25) is 0 Å². The Kier molecular flexibility index (Phi) is 8.43. The van der Waals surface area contributed by atoms with Crippen LogP contribution in [0.3, 0.4) is 0 Å². The second kappa shape index (κ2) is 9.35. The topological polar surface area (TPSA) is 57.2 Å². The monoisotopic (exact) mass is 356 g/mol. The van der Waals surface area contributed by atoms with Crippen LogP contribution < -0.4 is 29.6 Å². The molecule has 0 aliphatic heterocycles. The van der Waals surface area contributed by atoms with Gasteiger partial charge in [0.2, 0.25) is 0 Å². The molecule has 0 unspecified atom stereocenters. The van der Waals surface area contributed by atoms with E-state index < -0.39 is 10.1 Å². The van der Waals surface area contributed by atoms with E-state index in [4.69, 9.17) is 0 Å². The molecular weight excluding hydrogens is 331 g/mol. The van der Waals surface area contributed by atoms with E-state index in [9.17, 15) is 13.0 Å². The van der Waals surface area contributed by atoms with Crippen LogP contribution in [0.4, 0.5) is 0 Å². The predicted octanol–water partition coefficient (Wildman–Crippen LogP) is 1.74. The summed E-state index contributed by atoms with van der Waals surface area (Å²) in [5, 5.41) is 1.46. The van der Waals surface area contributed by atoms with Crippen molar-refractivity contribution in [3.63, 3.8) is 0 Å². The quantitative estimate of drug-likeness (QED) is 0.561.